The monoisotopic (exact) mass is 249 g/mol. The van der Waals surface area contributed by atoms with E-state index in [0.717, 1.165) is 19.0 Å². The first kappa shape index (κ1) is 13.4. The fourth-order valence-corrected chi connectivity index (χ4v) is 2.88. The Balaban J connectivity index is 2.59. The normalized spacial score (nSPS) is 19.2. The van der Waals surface area contributed by atoms with Gasteiger partial charge in [-0.3, -0.25) is 0 Å². The van der Waals surface area contributed by atoms with Crippen LogP contribution in [0.2, 0.25) is 0 Å². The quantitative estimate of drug-likeness (QED) is 0.893. The summed E-state index contributed by atoms with van der Waals surface area (Å²) in [4.78, 5) is 0. The SMILES string of the molecule is COc1c(C)cc(C2(C(C)N)COC2)c(C)c1C. The third-order valence-corrected chi connectivity index (χ3v) is 4.36. The zero-order valence-corrected chi connectivity index (χ0v) is 12.0. The Bertz CT molecular complexity index is 462. The minimum Gasteiger partial charge on any atom is -0.496 e. The van der Waals surface area contributed by atoms with E-state index in [1.165, 1.54) is 22.3 Å². The Morgan fingerprint density at radius 3 is 2.28 bits per heavy atom. The maximum Gasteiger partial charge on any atom is 0.124 e. The lowest BCUT2D eigenvalue weighted by atomic mass is 9.70. The molecule has 0 bridgehead atoms. The van der Waals surface area contributed by atoms with Crippen LogP contribution in [0.1, 0.15) is 29.2 Å². The largest absolute Gasteiger partial charge is 0.496 e. The third-order valence-electron chi connectivity index (χ3n) is 4.36. The Kier molecular flexibility index (Phi) is 3.39. The molecule has 1 unspecified atom stereocenters. The lowest BCUT2D eigenvalue weighted by Crippen LogP contribution is -2.58. The first-order chi connectivity index (χ1) is 8.44. The van der Waals surface area contributed by atoms with Crippen molar-refractivity contribution < 1.29 is 9.47 Å². The number of hydrogen-bond donors (Lipinski definition) is 1. The van der Waals surface area contributed by atoms with Gasteiger partial charge < -0.3 is 15.2 Å². The predicted molar refractivity (Wildman–Crippen MR) is 73.4 cm³/mol. The van der Waals surface area contributed by atoms with Crippen LogP contribution in [0, 0.1) is 20.8 Å². The van der Waals surface area contributed by atoms with Gasteiger partial charge in [-0.25, -0.2) is 0 Å². The van der Waals surface area contributed by atoms with E-state index in [9.17, 15) is 0 Å². The average molecular weight is 249 g/mol. The zero-order chi connectivity index (χ0) is 13.5. The van der Waals surface area contributed by atoms with Crippen LogP contribution in [0.3, 0.4) is 0 Å². The van der Waals surface area contributed by atoms with Crippen molar-refractivity contribution in [1.82, 2.24) is 0 Å². The Morgan fingerprint density at radius 2 is 1.89 bits per heavy atom. The molecule has 2 N–H and O–H groups in total. The van der Waals surface area contributed by atoms with Gasteiger partial charge in [0.2, 0.25) is 0 Å². The van der Waals surface area contributed by atoms with E-state index in [1.807, 2.05) is 0 Å². The molecule has 1 aromatic rings. The number of methoxy groups -OCH3 is 1. The summed E-state index contributed by atoms with van der Waals surface area (Å²) in [5.41, 5.74) is 11.1. The Labute approximate surface area is 109 Å². The van der Waals surface area contributed by atoms with Gasteiger partial charge in [-0.15, -0.1) is 0 Å². The first-order valence-electron chi connectivity index (χ1n) is 6.42. The van der Waals surface area contributed by atoms with Crippen molar-refractivity contribution in [3.63, 3.8) is 0 Å². The molecule has 0 spiro atoms. The highest BCUT2D eigenvalue weighted by molar-refractivity contribution is 5.52. The molecule has 0 radical (unpaired) electrons. The van der Waals surface area contributed by atoms with Crippen LogP contribution in [0.15, 0.2) is 6.07 Å². The van der Waals surface area contributed by atoms with Crippen LogP contribution < -0.4 is 10.5 Å². The molecule has 1 aromatic carbocycles. The van der Waals surface area contributed by atoms with Crippen molar-refractivity contribution >= 4 is 0 Å². The van der Waals surface area contributed by atoms with Gasteiger partial charge in [-0.2, -0.15) is 0 Å². The van der Waals surface area contributed by atoms with E-state index < -0.39 is 0 Å². The minimum atomic E-state index is -0.0219. The molecular formula is C15H23NO2. The summed E-state index contributed by atoms with van der Waals surface area (Å²) in [6.07, 6.45) is 0. The smallest absolute Gasteiger partial charge is 0.124 e. The molecule has 3 nitrogen and oxygen atoms in total. The van der Waals surface area contributed by atoms with E-state index >= 15 is 0 Å². The van der Waals surface area contributed by atoms with E-state index in [2.05, 4.69) is 33.8 Å². The van der Waals surface area contributed by atoms with Crippen LogP contribution >= 0.6 is 0 Å². The number of hydrogen-bond acceptors (Lipinski definition) is 3. The first-order valence-corrected chi connectivity index (χ1v) is 6.42. The second-order valence-corrected chi connectivity index (χ2v) is 5.46. The average Bonchev–Trinajstić information content (AvgIpc) is 2.23. The molecular weight excluding hydrogens is 226 g/mol. The fourth-order valence-electron chi connectivity index (χ4n) is 2.88. The standard InChI is InChI=1S/C15H23NO2/c1-9-6-13(10(2)11(3)14(9)17-5)15(12(4)16)7-18-8-15/h6,12H,7-8,16H2,1-5H3. The summed E-state index contributed by atoms with van der Waals surface area (Å²) in [5.74, 6) is 0.983. The van der Waals surface area contributed by atoms with Gasteiger partial charge in [0.1, 0.15) is 5.75 Å². The summed E-state index contributed by atoms with van der Waals surface area (Å²) in [7, 11) is 1.72. The zero-order valence-electron chi connectivity index (χ0n) is 12.0. The van der Waals surface area contributed by atoms with E-state index in [4.69, 9.17) is 15.2 Å². The fraction of sp³-hybridized carbons (Fsp3) is 0.600. The topological polar surface area (TPSA) is 44.5 Å². The summed E-state index contributed by atoms with van der Waals surface area (Å²) in [5, 5.41) is 0. The summed E-state index contributed by atoms with van der Waals surface area (Å²) in [6.45, 7) is 9.85. The minimum absolute atomic E-state index is 0.0219. The second kappa shape index (κ2) is 4.56. The van der Waals surface area contributed by atoms with Gasteiger partial charge in [-0.05, 0) is 49.9 Å². The van der Waals surface area contributed by atoms with Crippen molar-refractivity contribution in [3.05, 3.63) is 28.3 Å². The summed E-state index contributed by atoms with van der Waals surface area (Å²) >= 11 is 0. The number of aryl methyl sites for hydroxylation is 1. The van der Waals surface area contributed by atoms with Crippen LogP contribution in [-0.4, -0.2) is 26.4 Å². The van der Waals surface area contributed by atoms with Crippen molar-refractivity contribution in [2.45, 2.75) is 39.2 Å². The molecule has 0 aliphatic carbocycles. The van der Waals surface area contributed by atoms with E-state index in [-0.39, 0.29) is 11.5 Å². The lowest BCUT2D eigenvalue weighted by Gasteiger charge is -2.46. The maximum absolute atomic E-state index is 6.19. The van der Waals surface area contributed by atoms with Crippen molar-refractivity contribution in [2.24, 2.45) is 5.73 Å². The lowest BCUT2D eigenvalue weighted by molar-refractivity contribution is -0.0705. The van der Waals surface area contributed by atoms with Crippen LogP contribution in [0.5, 0.6) is 5.75 Å². The Hall–Kier alpha value is -1.06. The van der Waals surface area contributed by atoms with Crippen molar-refractivity contribution in [3.8, 4) is 5.75 Å². The molecule has 0 saturated carbocycles. The predicted octanol–water partition coefficient (Wildman–Crippen LogP) is 2.24. The number of ether oxygens (including phenoxy) is 2. The van der Waals surface area contributed by atoms with E-state index in [1.54, 1.807) is 7.11 Å². The van der Waals surface area contributed by atoms with Crippen molar-refractivity contribution in [1.29, 1.82) is 0 Å². The van der Waals surface area contributed by atoms with Gasteiger partial charge in [0.05, 0.1) is 25.7 Å². The summed E-state index contributed by atoms with van der Waals surface area (Å²) < 4.78 is 10.9. The van der Waals surface area contributed by atoms with Gasteiger partial charge in [0.25, 0.3) is 0 Å². The molecule has 100 valence electrons. The molecule has 0 aromatic heterocycles. The molecule has 2 rings (SSSR count). The maximum atomic E-state index is 6.19. The number of rotatable bonds is 3. The van der Waals surface area contributed by atoms with Crippen LogP contribution in [0.4, 0.5) is 0 Å². The van der Waals surface area contributed by atoms with Gasteiger partial charge in [0, 0.05) is 6.04 Å². The molecule has 18 heavy (non-hydrogen) atoms. The second-order valence-electron chi connectivity index (χ2n) is 5.46. The van der Waals surface area contributed by atoms with Crippen molar-refractivity contribution in [2.75, 3.05) is 20.3 Å². The molecule has 1 heterocycles. The molecule has 1 atom stereocenters. The molecule has 1 aliphatic heterocycles. The Morgan fingerprint density at radius 1 is 1.28 bits per heavy atom. The third kappa shape index (κ3) is 1.73. The molecule has 1 fully saturated rings. The van der Waals surface area contributed by atoms with Gasteiger partial charge in [0.15, 0.2) is 0 Å². The molecule has 0 amide bonds. The van der Waals surface area contributed by atoms with Crippen LogP contribution in [0.25, 0.3) is 0 Å². The highest BCUT2D eigenvalue weighted by atomic mass is 16.5. The van der Waals surface area contributed by atoms with E-state index in [0.29, 0.717) is 0 Å². The highest BCUT2D eigenvalue weighted by Crippen LogP contribution is 2.40. The number of nitrogens with two attached hydrogens (primary N) is 1. The highest BCUT2D eigenvalue weighted by Gasteiger charge is 2.45. The van der Waals surface area contributed by atoms with Gasteiger partial charge >= 0.3 is 0 Å². The molecule has 1 saturated heterocycles. The molecule has 1 aliphatic rings. The summed E-state index contributed by atoms with van der Waals surface area (Å²) in [6, 6.07) is 2.31. The molecule has 3 heteroatoms. The van der Waals surface area contributed by atoms with Gasteiger partial charge in [-0.1, -0.05) is 6.07 Å². The number of benzene rings is 1. The van der Waals surface area contributed by atoms with Crippen LogP contribution in [-0.2, 0) is 10.2 Å².